The summed E-state index contributed by atoms with van der Waals surface area (Å²) >= 11 is 0. The van der Waals surface area contributed by atoms with Crippen molar-refractivity contribution in [2.45, 2.75) is 19.5 Å². The third-order valence-electron chi connectivity index (χ3n) is 4.27. The Morgan fingerprint density at radius 2 is 1.81 bits per heavy atom. The van der Waals surface area contributed by atoms with Crippen molar-refractivity contribution in [3.63, 3.8) is 0 Å². The molecule has 0 saturated carbocycles. The smallest absolute Gasteiger partial charge is 0.273 e. The number of rotatable bonds is 5. The SMILES string of the molecule is O=C(CCn1[nH]c(=O)c2ccccc2c1=O)NCc1nnc2ccccn12. The lowest BCUT2D eigenvalue weighted by Gasteiger charge is -2.07. The minimum atomic E-state index is -0.361. The van der Waals surface area contributed by atoms with Gasteiger partial charge in [0.25, 0.3) is 11.1 Å². The van der Waals surface area contributed by atoms with Crippen LogP contribution in [0.4, 0.5) is 0 Å². The minimum Gasteiger partial charge on any atom is -0.349 e. The van der Waals surface area contributed by atoms with Crippen LogP contribution < -0.4 is 16.4 Å². The molecule has 1 aromatic carbocycles. The van der Waals surface area contributed by atoms with Gasteiger partial charge in [0, 0.05) is 12.6 Å². The van der Waals surface area contributed by atoms with E-state index in [1.165, 1.54) is 0 Å². The molecule has 0 aliphatic heterocycles. The van der Waals surface area contributed by atoms with Gasteiger partial charge in [-0.3, -0.25) is 23.9 Å². The number of amides is 1. The maximum Gasteiger partial charge on any atom is 0.273 e. The molecule has 2 N–H and O–H groups in total. The van der Waals surface area contributed by atoms with Gasteiger partial charge in [-0.25, -0.2) is 4.68 Å². The molecule has 4 rings (SSSR count). The van der Waals surface area contributed by atoms with E-state index in [-0.39, 0.29) is 36.5 Å². The van der Waals surface area contributed by atoms with E-state index >= 15 is 0 Å². The number of hydrogen-bond donors (Lipinski definition) is 2. The molecule has 0 saturated heterocycles. The number of nitrogens with one attached hydrogen (secondary N) is 2. The van der Waals surface area contributed by atoms with E-state index in [0.29, 0.717) is 22.2 Å². The maximum atomic E-state index is 12.4. The number of hydrogen-bond acceptors (Lipinski definition) is 5. The van der Waals surface area contributed by atoms with Crippen LogP contribution in [0.3, 0.4) is 0 Å². The number of H-pyrrole nitrogens is 1. The second-order valence-corrected chi connectivity index (χ2v) is 6.02. The lowest BCUT2D eigenvalue weighted by Crippen LogP contribution is -2.32. The van der Waals surface area contributed by atoms with E-state index in [2.05, 4.69) is 20.6 Å². The first-order chi connectivity index (χ1) is 13.1. The van der Waals surface area contributed by atoms with Gasteiger partial charge in [-0.1, -0.05) is 18.2 Å². The van der Waals surface area contributed by atoms with Crippen LogP contribution in [0.1, 0.15) is 12.2 Å². The highest BCUT2D eigenvalue weighted by molar-refractivity contribution is 5.80. The number of benzene rings is 1. The van der Waals surface area contributed by atoms with Crippen LogP contribution >= 0.6 is 0 Å². The zero-order valence-electron chi connectivity index (χ0n) is 14.3. The standard InChI is InChI=1S/C18H16N6O3/c25-16(19-11-15-21-20-14-7-3-4-9-23(14)15)8-10-24-18(27)13-6-2-1-5-12(13)17(26)22-24/h1-7,9H,8,10-11H2,(H,19,25)(H,22,26). The number of aromatic nitrogens is 5. The molecule has 9 nitrogen and oxygen atoms in total. The van der Waals surface area contributed by atoms with Gasteiger partial charge in [0.05, 0.1) is 23.9 Å². The summed E-state index contributed by atoms with van der Waals surface area (Å²) < 4.78 is 2.95. The summed E-state index contributed by atoms with van der Waals surface area (Å²) in [7, 11) is 0. The van der Waals surface area contributed by atoms with Crippen LogP contribution in [0.25, 0.3) is 16.4 Å². The zero-order valence-corrected chi connectivity index (χ0v) is 14.3. The van der Waals surface area contributed by atoms with Gasteiger partial charge < -0.3 is 5.32 Å². The van der Waals surface area contributed by atoms with E-state index in [9.17, 15) is 14.4 Å². The molecular formula is C18H16N6O3. The van der Waals surface area contributed by atoms with Crippen molar-refractivity contribution < 1.29 is 4.79 Å². The number of nitrogens with zero attached hydrogens (tertiary/aromatic N) is 4. The number of pyridine rings is 1. The Balaban J connectivity index is 1.44. The van der Waals surface area contributed by atoms with Gasteiger partial charge in [-0.2, -0.15) is 0 Å². The monoisotopic (exact) mass is 364 g/mol. The van der Waals surface area contributed by atoms with Crippen molar-refractivity contribution in [3.05, 3.63) is 75.2 Å². The summed E-state index contributed by atoms with van der Waals surface area (Å²) in [5.41, 5.74) is 0.00373. The van der Waals surface area contributed by atoms with Crippen LogP contribution in [0, 0.1) is 0 Å². The van der Waals surface area contributed by atoms with Crippen molar-refractivity contribution in [2.75, 3.05) is 0 Å². The first-order valence-corrected chi connectivity index (χ1v) is 8.41. The van der Waals surface area contributed by atoms with Crippen molar-refractivity contribution >= 4 is 22.3 Å². The minimum absolute atomic E-state index is 0.0466. The highest BCUT2D eigenvalue weighted by Gasteiger charge is 2.10. The zero-order chi connectivity index (χ0) is 18.8. The summed E-state index contributed by atoms with van der Waals surface area (Å²) in [6.07, 6.45) is 1.86. The Bertz CT molecular complexity index is 1250. The summed E-state index contributed by atoms with van der Waals surface area (Å²) in [5, 5.41) is 14.0. The number of carbonyl (C=O) groups excluding carboxylic acids is 1. The third-order valence-corrected chi connectivity index (χ3v) is 4.27. The molecule has 0 aliphatic carbocycles. The average molecular weight is 364 g/mol. The van der Waals surface area contributed by atoms with Crippen LogP contribution in [0.5, 0.6) is 0 Å². The second kappa shape index (κ2) is 6.87. The molecule has 9 heteroatoms. The third kappa shape index (κ3) is 3.22. The predicted molar refractivity (Wildman–Crippen MR) is 98.3 cm³/mol. The van der Waals surface area contributed by atoms with Crippen molar-refractivity contribution in [1.29, 1.82) is 0 Å². The van der Waals surface area contributed by atoms with Crippen LogP contribution in [0.15, 0.2) is 58.3 Å². The highest BCUT2D eigenvalue weighted by atomic mass is 16.2. The molecule has 4 aromatic rings. The Morgan fingerprint density at radius 3 is 2.67 bits per heavy atom. The molecule has 0 unspecified atom stereocenters. The molecular weight excluding hydrogens is 348 g/mol. The van der Waals surface area contributed by atoms with Crippen LogP contribution in [-0.2, 0) is 17.9 Å². The topological polar surface area (TPSA) is 114 Å². The van der Waals surface area contributed by atoms with E-state index in [1.807, 2.05) is 24.4 Å². The number of aromatic amines is 1. The average Bonchev–Trinajstić information content (AvgIpc) is 3.11. The molecule has 0 bridgehead atoms. The molecule has 27 heavy (non-hydrogen) atoms. The van der Waals surface area contributed by atoms with Crippen LogP contribution in [0.2, 0.25) is 0 Å². The summed E-state index contributed by atoms with van der Waals surface area (Å²) in [4.78, 5) is 36.6. The molecule has 3 heterocycles. The van der Waals surface area contributed by atoms with Gasteiger partial charge >= 0.3 is 0 Å². The molecule has 3 aromatic heterocycles. The highest BCUT2D eigenvalue weighted by Crippen LogP contribution is 2.04. The Hall–Kier alpha value is -3.75. The first kappa shape index (κ1) is 16.7. The van der Waals surface area contributed by atoms with Crippen LogP contribution in [-0.4, -0.2) is 30.3 Å². The fourth-order valence-corrected chi connectivity index (χ4v) is 2.89. The largest absolute Gasteiger partial charge is 0.349 e. The molecule has 1 amide bonds. The Morgan fingerprint density at radius 1 is 1.04 bits per heavy atom. The normalized spacial score (nSPS) is 11.1. The molecule has 0 radical (unpaired) electrons. The summed E-state index contributed by atoms with van der Waals surface area (Å²) in [6.45, 7) is 0.290. The fraction of sp³-hybridized carbons (Fsp3) is 0.167. The first-order valence-electron chi connectivity index (χ1n) is 8.41. The quantitative estimate of drug-likeness (QED) is 0.533. The number of fused-ring (bicyclic) bond motifs is 2. The fourth-order valence-electron chi connectivity index (χ4n) is 2.89. The lowest BCUT2D eigenvalue weighted by molar-refractivity contribution is -0.121. The Kier molecular flexibility index (Phi) is 4.25. The molecule has 0 atom stereocenters. The van der Waals surface area contributed by atoms with Crippen molar-refractivity contribution in [3.8, 4) is 0 Å². The van der Waals surface area contributed by atoms with E-state index < -0.39 is 0 Å². The summed E-state index contributed by atoms with van der Waals surface area (Å²) in [5.74, 6) is 0.346. The molecule has 136 valence electrons. The summed E-state index contributed by atoms with van der Waals surface area (Å²) in [6, 6.07) is 12.1. The van der Waals surface area contributed by atoms with Gasteiger partial charge in [0.1, 0.15) is 0 Å². The van der Waals surface area contributed by atoms with E-state index in [4.69, 9.17) is 0 Å². The maximum absolute atomic E-state index is 12.4. The van der Waals surface area contributed by atoms with Gasteiger partial charge in [0.2, 0.25) is 5.91 Å². The molecule has 0 aliphatic rings. The Labute approximate surface area is 152 Å². The predicted octanol–water partition coefficient (Wildman–Crippen LogP) is 0.439. The van der Waals surface area contributed by atoms with E-state index in [1.54, 1.807) is 28.7 Å². The van der Waals surface area contributed by atoms with Gasteiger partial charge in [0.15, 0.2) is 11.5 Å². The lowest BCUT2D eigenvalue weighted by atomic mass is 10.2. The second-order valence-electron chi connectivity index (χ2n) is 6.02. The molecule has 0 spiro atoms. The number of carbonyl (C=O) groups is 1. The number of aryl methyl sites for hydroxylation is 1. The van der Waals surface area contributed by atoms with E-state index in [0.717, 1.165) is 4.68 Å². The van der Waals surface area contributed by atoms with Crippen molar-refractivity contribution in [1.82, 2.24) is 29.7 Å². The molecule has 0 fully saturated rings. The van der Waals surface area contributed by atoms with Gasteiger partial charge in [-0.05, 0) is 24.3 Å². The van der Waals surface area contributed by atoms with Crippen molar-refractivity contribution in [2.24, 2.45) is 0 Å². The van der Waals surface area contributed by atoms with Gasteiger partial charge in [-0.15, -0.1) is 10.2 Å².